The van der Waals surface area contributed by atoms with Gasteiger partial charge in [-0.3, -0.25) is 9.59 Å². The van der Waals surface area contributed by atoms with Crippen molar-refractivity contribution in [1.82, 2.24) is 0 Å². The van der Waals surface area contributed by atoms with Crippen molar-refractivity contribution in [2.75, 3.05) is 16.8 Å². The maximum Gasteiger partial charge on any atom is 0.257 e. The van der Waals surface area contributed by atoms with Crippen LogP contribution in [-0.4, -0.2) is 18.4 Å². The molecule has 1 aliphatic rings. The van der Waals surface area contributed by atoms with E-state index in [-0.39, 0.29) is 11.8 Å². The number of aryl methyl sites for hydroxylation is 1. The van der Waals surface area contributed by atoms with Gasteiger partial charge in [-0.1, -0.05) is 23.2 Å². The minimum Gasteiger partial charge on any atom is -0.322 e. The topological polar surface area (TPSA) is 49.4 Å². The third-order valence-corrected chi connectivity index (χ3v) is 4.59. The molecule has 2 amide bonds. The molecule has 0 aliphatic carbocycles. The Balaban J connectivity index is 1.85. The minimum atomic E-state index is -0.318. The van der Waals surface area contributed by atoms with Crippen molar-refractivity contribution in [2.45, 2.75) is 19.8 Å². The molecule has 4 nitrogen and oxygen atoms in total. The van der Waals surface area contributed by atoms with Crippen LogP contribution < -0.4 is 10.2 Å². The number of nitrogens with one attached hydrogen (secondary N) is 1. The van der Waals surface area contributed by atoms with Crippen LogP contribution in [0.1, 0.15) is 29.3 Å². The van der Waals surface area contributed by atoms with E-state index in [0.29, 0.717) is 40.7 Å². The van der Waals surface area contributed by atoms with Crippen LogP contribution in [0.5, 0.6) is 0 Å². The van der Waals surface area contributed by atoms with Crippen LogP contribution in [0.2, 0.25) is 10.0 Å². The van der Waals surface area contributed by atoms with E-state index >= 15 is 0 Å². The van der Waals surface area contributed by atoms with Gasteiger partial charge in [0.2, 0.25) is 5.91 Å². The number of hydrogen-bond acceptors (Lipinski definition) is 2. The molecule has 0 spiro atoms. The number of carbonyl (C=O) groups excluding carboxylic acids is 2. The molecule has 1 N–H and O–H groups in total. The predicted molar refractivity (Wildman–Crippen MR) is 97.2 cm³/mol. The van der Waals surface area contributed by atoms with Crippen LogP contribution in [0.3, 0.4) is 0 Å². The number of benzene rings is 2. The van der Waals surface area contributed by atoms with Crippen LogP contribution in [-0.2, 0) is 11.2 Å². The zero-order valence-corrected chi connectivity index (χ0v) is 14.6. The van der Waals surface area contributed by atoms with Gasteiger partial charge < -0.3 is 10.2 Å². The van der Waals surface area contributed by atoms with Crippen LogP contribution in [0.25, 0.3) is 0 Å². The van der Waals surface area contributed by atoms with Crippen LogP contribution in [0.4, 0.5) is 11.4 Å². The molecule has 0 saturated heterocycles. The van der Waals surface area contributed by atoms with Crippen molar-refractivity contribution in [1.29, 1.82) is 0 Å². The number of nitrogens with zero attached hydrogens (tertiary/aromatic N) is 1. The third kappa shape index (κ3) is 3.25. The van der Waals surface area contributed by atoms with Gasteiger partial charge in [0.15, 0.2) is 0 Å². The van der Waals surface area contributed by atoms with Gasteiger partial charge >= 0.3 is 0 Å². The Morgan fingerprint density at radius 3 is 2.71 bits per heavy atom. The van der Waals surface area contributed by atoms with Gasteiger partial charge in [-0.15, -0.1) is 0 Å². The summed E-state index contributed by atoms with van der Waals surface area (Å²) >= 11 is 12.0. The summed E-state index contributed by atoms with van der Waals surface area (Å²) in [6, 6.07) is 10.3. The van der Waals surface area contributed by atoms with Crippen molar-refractivity contribution < 1.29 is 9.59 Å². The Labute approximate surface area is 150 Å². The van der Waals surface area contributed by atoms with E-state index in [2.05, 4.69) is 5.32 Å². The summed E-state index contributed by atoms with van der Waals surface area (Å²) in [5, 5.41) is 3.63. The molecule has 0 aromatic heterocycles. The average molecular weight is 363 g/mol. The summed E-state index contributed by atoms with van der Waals surface area (Å²) in [7, 11) is 0. The monoisotopic (exact) mass is 362 g/mol. The molecule has 24 heavy (non-hydrogen) atoms. The molecule has 1 heterocycles. The molecule has 0 unspecified atom stereocenters. The highest BCUT2D eigenvalue weighted by Crippen LogP contribution is 2.30. The second-order valence-electron chi connectivity index (χ2n) is 5.56. The second kappa shape index (κ2) is 6.83. The van der Waals surface area contributed by atoms with E-state index < -0.39 is 0 Å². The highest BCUT2D eigenvalue weighted by atomic mass is 35.5. The first-order valence-electron chi connectivity index (χ1n) is 7.69. The van der Waals surface area contributed by atoms with Crippen molar-refractivity contribution in [2.24, 2.45) is 0 Å². The molecular formula is C18H16Cl2N2O2. The zero-order valence-electron chi connectivity index (χ0n) is 13.1. The highest BCUT2D eigenvalue weighted by molar-refractivity contribution is 6.36. The Kier molecular flexibility index (Phi) is 4.78. The fourth-order valence-corrected chi connectivity index (χ4v) is 3.23. The fourth-order valence-electron chi connectivity index (χ4n) is 2.85. The number of amides is 2. The largest absolute Gasteiger partial charge is 0.322 e. The first-order chi connectivity index (χ1) is 11.5. The van der Waals surface area contributed by atoms with Crippen molar-refractivity contribution in [3.8, 4) is 0 Å². The third-order valence-electron chi connectivity index (χ3n) is 4.03. The average Bonchev–Trinajstić information content (AvgIpc) is 2.57. The van der Waals surface area contributed by atoms with E-state index in [1.54, 1.807) is 23.1 Å². The summed E-state index contributed by atoms with van der Waals surface area (Å²) in [6.07, 6.45) is 1.16. The normalized spacial score (nSPS) is 13.6. The lowest BCUT2D eigenvalue weighted by molar-refractivity contribution is -0.118. The highest BCUT2D eigenvalue weighted by Gasteiger charge is 2.23. The molecule has 0 fully saturated rings. The summed E-state index contributed by atoms with van der Waals surface area (Å²) in [5.74, 6) is -0.186. The van der Waals surface area contributed by atoms with Gasteiger partial charge in [0, 0.05) is 29.4 Å². The molecule has 3 rings (SSSR count). The lowest BCUT2D eigenvalue weighted by Crippen LogP contribution is -2.34. The number of anilines is 2. The quantitative estimate of drug-likeness (QED) is 0.870. The Morgan fingerprint density at radius 2 is 1.96 bits per heavy atom. The van der Waals surface area contributed by atoms with Crippen LogP contribution in [0, 0.1) is 0 Å². The molecule has 2 aromatic rings. The smallest absolute Gasteiger partial charge is 0.257 e. The van der Waals surface area contributed by atoms with Gasteiger partial charge in [0.1, 0.15) is 0 Å². The fraction of sp³-hybridized carbons (Fsp3) is 0.222. The van der Waals surface area contributed by atoms with Gasteiger partial charge in [0.05, 0.1) is 10.6 Å². The Bertz CT molecular complexity index is 821. The predicted octanol–water partition coefficient (Wildman–Crippen LogP) is 4.54. The van der Waals surface area contributed by atoms with Crippen molar-refractivity contribution >= 4 is 46.4 Å². The minimum absolute atomic E-state index is 0.132. The summed E-state index contributed by atoms with van der Waals surface area (Å²) in [4.78, 5) is 26.1. The molecule has 2 aromatic carbocycles. The number of fused-ring (bicyclic) bond motifs is 1. The SMILES string of the molecule is CCN1C(=O)CCc2cc(NC(=O)c3cc(Cl)ccc3Cl)ccc21. The Hall–Kier alpha value is -2.04. The standard InChI is InChI=1S/C18H16Cl2N2O2/c1-2-22-16-7-5-13(9-11(16)3-8-17(22)23)21-18(24)14-10-12(19)4-6-15(14)20/h4-7,9-10H,2-3,8H2,1H3,(H,21,24). The second-order valence-corrected chi connectivity index (χ2v) is 6.40. The number of hydrogen-bond donors (Lipinski definition) is 1. The molecule has 0 atom stereocenters. The lowest BCUT2D eigenvalue weighted by Gasteiger charge is -2.28. The van der Waals surface area contributed by atoms with Crippen LogP contribution in [0.15, 0.2) is 36.4 Å². The molecule has 0 saturated carbocycles. The number of rotatable bonds is 3. The summed E-state index contributed by atoms with van der Waals surface area (Å²) in [6.45, 7) is 2.58. The van der Waals surface area contributed by atoms with E-state index in [9.17, 15) is 9.59 Å². The molecular weight excluding hydrogens is 347 g/mol. The first-order valence-corrected chi connectivity index (χ1v) is 8.45. The molecule has 124 valence electrons. The van der Waals surface area contributed by atoms with E-state index in [1.807, 2.05) is 19.1 Å². The number of carbonyl (C=O) groups is 2. The van der Waals surface area contributed by atoms with Gasteiger partial charge in [0.25, 0.3) is 5.91 Å². The van der Waals surface area contributed by atoms with Gasteiger partial charge in [-0.05, 0) is 55.3 Å². The summed E-state index contributed by atoms with van der Waals surface area (Å²) in [5.41, 5.74) is 2.95. The first kappa shape index (κ1) is 16.8. The van der Waals surface area contributed by atoms with Crippen LogP contribution >= 0.6 is 23.2 Å². The number of halogens is 2. The van der Waals surface area contributed by atoms with E-state index in [0.717, 1.165) is 11.3 Å². The lowest BCUT2D eigenvalue weighted by atomic mass is 10.0. The van der Waals surface area contributed by atoms with Crippen molar-refractivity contribution in [3.05, 3.63) is 57.6 Å². The summed E-state index contributed by atoms with van der Waals surface area (Å²) < 4.78 is 0. The maximum absolute atomic E-state index is 12.4. The Morgan fingerprint density at radius 1 is 1.17 bits per heavy atom. The molecule has 6 heteroatoms. The van der Waals surface area contributed by atoms with Gasteiger partial charge in [-0.2, -0.15) is 0 Å². The molecule has 0 radical (unpaired) electrons. The van der Waals surface area contributed by atoms with E-state index in [4.69, 9.17) is 23.2 Å². The molecule has 1 aliphatic heterocycles. The molecule has 0 bridgehead atoms. The van der Waals surface area contributed by atoms with Gasteiger partial charge in [-0.25, -0.2) is 0 Å². The zero-order chi connectivity index (χ0) is 17.3. The maximum atomic E-state index is 12.4. The van der Waals surface area contributed by atoms with Crippen molar-refractivity contribution in [3.63, 3.8) is 0 Å². The van der Waals surface area contributed by atoms with E-state index in [1.165, 1.54) is 6.07 Å².